The second-order valence-electron chi connectivity index (χ2n) is 4.66. The fraction of sp³-hybridized carbons (Fsp3) is 0.308. The minimum Gasteiger partial charge on any atom is -0.495 e. The third kappa shape index (κ3) is 2.54. The number of aryl methyl sites for hydroxylation is 2. The lowest BCUT2D eigenvalue weighted by molar-refractivity contribution is 0.417. The van der Waals surface area contributed by atoms with E-state index >= 15 is 0 Å². The zero-order valence-electron chi connectivity index (χ0n) is 12.3. The number of hydrogen-bond acceptors (Lipinski definition) is 5. The van der Waals surface area contributed by atoms with Crippen LogP contribution in [-0.2, 0) is 10.0 Å². The van der Waals surface area contributed by atoms with Gasteiger partial charge in [0.15, 0.2) is 0 Å². The van der Waals surface area contributed by atoms with Gasteiger partial charge in [0.2, 0.25) is 0 Å². The minimum atomic E-state index is -3.70. The molecular weight excluding hydrogens is 292 g/mol. The number of aromatic amines is 1. The summed E-state index contributed by atoms with van der Waals surface area (Å²) < 4.78 is 31.6. The monoisotopic (exact) mass is 310 g/mol. The molecule has 0 saturated carbocycles. The van der Waals surface area contributed by atoms with Crippen molar-refractivity contribution >= 4 is 21.4 Å². The van der Waals surface area contributed by atoms with Gasteiger partial charge in [0.25, 0.3) is 10.0 Å². The maximum absolute atomic E-state index is 12.7. The Balaban J connectivity index is 2.48. The van der Waals surface area contributed by atoms with Gasteiger partial charge in [0.1, 0.15) is 10.6 Å². The molecule has 2 aromatic rings. The number of nitrogens with one attached hydrogen (secondary N) is 1. The number of H-pyrrole nitrogens is 1. The van der Waals surface area contributed by atoms with Gasteiger partial charge in [-0.1, -0.05) is 0 Å². The summed E-state index contributed by atoms with van der Waals surface area (Å²) in [6, 6.07) is 4.82. The van der Waals surface area contributed by atoms with E-state index in [0.29, 0.717) is 28.5 Å². The van der Waals surface area contributed by atoms with Crippen LogP contribution in [0.2, 0.25) is 0 Å². The molecule has 0 aliphatic rings. The molecule has 114 valence electrons. The Kier molecular flexibility index (Phi) is 3.82. The lowest BCUT2D eigenvalue weighted by Gasteiger charge is -2.20. The number of nitrogens with zero attached hydrogens (tertiary/aromatic N) is 2. The molecule has 0 bridgehead atoms. The van der Waals surface area contributed by atoms with Crippen LogP contribution in [0.25, 0.3) is 0 Å². The quantitative estimate of drug-likeness (QED) is 0.832. The molecule has 21 heavy (non-hydrogen) atoms. The molecule has 0 radical (unpaired) electrons. The summed E-state index contributed by atoms with van der Waals surface area (Å²) in [5.41, 5.74) is 7.58. The summed E-state index contributed by atoms with van der Waals surface area (Å²) >= 11 is 0. The second kappa shape index (κ2) is 5.28. The number of methoxy groups -OCH3 is 1. The van der Waals surface area contributed by atoms with E-state index in [1.165, 1.54) is 18.5 Å². The number of hydrogen-bond donors (Lipinski definition) is 2. The summed E-state index contributed by atoms with van der Waals surface area (Å²) in [5, 5.41) is 6.61. The second-order valence-corrected chi connectivity index (χ2v) is 6.57. The largest absolute Gasteiger partial charge is 0.495 e. The van der Waals surface area contributed by atoms with E-state index in [4.69, 9.17) is 10.5 Å². The molecule has 0 atom stereocenters. The lowest BCUT2D eigenvalue weighted by atomic mass is 10.2. The van der Waals surface area contributed by atoms with E-state index < -0.39 is 10.0 Å². The number of nitrogen functional groups attached to an aromatic ring is 1. The van der Waals surface area contributed by atoms with Gasteiger partial charge in [-0.2, -0.15) is 5.10 Å². The maximum atomic E-state index is 12.7. The third-order valence-electron chi connectivity index (χ3n) is 3.26. The summed E-state index contributed by atoms with van der Waals surface area (Å²) in [6.45, 7) is 3.32. The molecule has 3 N–H and O–H groups in total. The molecule has 1 heterocycles. The number of anilines is 2. The normalized spacial score (nSPS) is 11.4. The molecule has 0 fully saturated rings. The van der Waals surface area contributed by atoms with Crippen molar-refractivity contribution in [2.24, 2.45) is 0 Å². The van der Waals surface area contributed by atoms with Crippen LogP contribution in [0.5, 0.6) is 5.75 Å². The topological polar surface area (TPSA) is 101 Å². The van der Waals surface area contributed by atoms with Crippen molar-refractivity contribution in [3.05, 3.63) is 29.6 Å². The molecule has 0 aliphatic heterocycles. The van der Waals surface area contributed by atoms with Gasteiger partial charge in [-0.3, -0.25) is 9.40 Å². The number of ether oxygens (including phenoxy) is 1. The van der Waals surface area contributed by atoms with Gasteiger partial charge in [0, 0.05) is 7.05 Å². The summed E-state index contributed by atoms with van der Waals surface area (Å²) in [7, 11) is -0.725. The molecule has 0 amide bonds. The van der Waals surface area contributed by atoms with E-state index in [1.807, 2.05) is 0 Å². The van der Waals surface area contributed by atoms with Crippen LogP contribution in [0.1, 0.15) is 11.4 Å². The van der Waals surface area contributed by atoms with E-state index in [1.54, 1.807) is 32.0 Å². The first-order chi connectivity index (χ1) is 9.78. The molecular formula is C13H18N4O3S. The Bertz CT molecular complexity index is 748. The van der Waals surface area contributed by atoms with Crippen LogP contribution >= 0.6 is 0 Å². The first-order valence-corrected chi connectivity index (χ1v) is 7.67. The van der Waals surface area contributed by atoms with Crippen LogP contribution in [0.15, 0.2) is 23.1 Å². The molecule has 8 heteroatoms. The van der Waals surface area contributed by atoms with Crippen molar-refractivity contribution in [2.45, 2.75) is 18.7 Å². The Morgan fingerprint density at radius 2 is 2.00 bits per heavy atom. The number of nitrogens with two attached hydrogens (primary N) is 1. The smallest absolute Gasteiger partial charge is 0.267 e. The highest BCUT2D eigenvalue weighted by Crippen LogP contribution is 2.30. The van der Waals surface area contributed by atoms with Gasteiger partial charge in [-0.05, 0) is 32.0 Å². The molecule has 0 unspecified atom stereocenters. The lowest BCUT2D eigenvalue weighted by Crippen LogP contribution is -2.27. The molecule has 7 nitrogen and oxygen atoms in total. The molecule has 0 aliphatic carbocycles. The fourth-order valence-electron chi connectivity index (χ4n) is 2.11. The van der Waals surface area contributed by atoms with Crippen LogP contribution in [0.4, 0.5) is 11.4 Å². The van der Waals surface area contributed by atoms with Crippen LogP contribution < -0.4 is 14.8 Å². The molecule has 1 aromatic carbocycles. The molecule has 1 aromatic heterocycles. The minimum absolute atomic E-state index is 0.180. The molecule has 0 spiro atoms. The van der Waals surface area contributed by atoms with E-state index in [9.17, 15) is 8.42 Å². The zero-order valence-corrected chi connectivity index (χ0v) is 13.2. The van der Waals surface area contributed by atoms with E-state index in [2.05, 4.69) is 10.2 Å². The van der Waals surface area contributed by atoms with Gasteiger partial charge >= 0.3 is 0 Å². The molecule has 0 saturated heterocycles. The van der Waals surface area contributed by atoms with Crippen LogP contribution in [-0.4, -0.2) is 32.8 Å². The number of benzene rings is 1. The standard InChI is InChI=1S/C13H18N4O3S/c1-8-13(9(2)16-15-8)21(18,19)17(3)10-5-6-12(20-4)11(14)7-10/h5-7H,14H2,1-4H3,(H,15,16). The highest BCUT2D eigenvalue weighted by molar-refractivity contribution is 7.92. The van der Waals surface area contributed by atoms with E-state index in [-0.39, 0.29) is 4.90 Å². The summed E-state index contributed by atoms with van der Waals surface area (Å²) in [5.74, 6) is 0.500. The van der Waals surface area contributed by atoms with Crippen molar-refractivity contribution in [3.8, 4) is 5.75 Å². The van der Waals surface area contributed by atoms with Crippen molar-refractivity contribution in [1.29, 1.82) is 0 Å². The van der Waals surface area contributed by atoms with Crippen molar-refractivity contribution in [3.63, 3.8) is 0 Å². The predicted molar refractivity (Wildman–Crippen MR) is 81.1 cm³/mol. The van der Waals surface area contributed by atoms with E-state index in [0.717, 1.165) is 0 Å². The average molecular weight is 310 g/mol. The average Bonchev–Trinajstić information content (AvgIpc) is 2.77. The predicted octanol–water partition coefficient (Wildman–Crippen LogP) is 1.44. The Morgan fingerprint density at radius 1 is 1.33 bits per heavy atom. The van der Waals surface area contributed by atoms with Gasteiger partial charge in [-0.25, -0.2) is 8.42 Å². The summed E-state index contributed by atoms with van der Waals surface area (Å²) in [4.78, 5) is 0.180. The van der Waals surface area contributed by atoms with Gasteiger partial charge < -0.3 is 10.5 Å². The third-order valence-corrected chi connectivity index (χ3v) is 5.31. The zero-order chi connectivity index (χ0) is 15.8. The fourth-order valence-corrected chi connectivity index (χ4v) is 3.63. The highest BCUT2D eigenvalue weighted by Gasteiger charge is 2.27. The van der Waals surface area contributed by atoms with Crippen LogP contribution in [0.3, 0.4) is 0 Å². The highest BCUT2D eigenvalue weighted by atomic mass is 32.2. The first-order valence-electron chi connectivity index (χ1n) is 6.23. The number of rotatable bonds is 4. The SMILES string of the molecule is COc1ccc(N(C)S(=O)(=O)c2c(C)n[nH]c2C)cc1N. The maximum Gasteiger partial charge on any atom is 0.267 e. The number of aromatic nitrogens is 2. The Labute approximate surface area is 123 Å². The summed E-state index contributed by atoms with van der Waals surface area (Å²) in [6.07, 6.45) is 0. The molecule has 2 rings (SSSR count). The Hall–Kier alpha value is -2.22. The first kappa shape index (κ1) is 15.2. The van der Waals surface area contributed by atoms with Gasteiger partial charge in [0.05, 0.1) is 29.9 Å². The van der Waals surface area contributed by atoms with Crippen molar-refractivity contribution in [2.75, 3.05) is 24.2 Å². The van der Waals surface area contributed by atoms with Crippen molar-refractivity contribution in [1.82, 2.24) is 10.2 Å². The van der Waals surface area contributed by atoms with Crippen molar-refractivity contribution < 1.29 is 13.2 Å². The number of sulfonamides is 1. The van der Waals surface area contributed by atoms with Crippen LogP contribution in [0, 0.1) is 13.8 Å². The van der Waals surface area contributed by atoms with Gasteiger partial charge in [-0.15, -0.1) is 0 Å². The Morgan fingerprint density at radius 3 is 2.48 bits per heavy atom.